The Hall–Kier alpha value is -1.86. The number of nitrogens with one attached hydrogen (secondary N) is 1. The van der Waals surface area contributed by atoms with Crippen LogP contribution >= 0.6 is 11.6 Å². The number of nitro benzene ring substituents is 1. The largest absolute Gasteiger partial charge is 0.355 e. The molecule has 1 aromatic rings. The number of hydrogen-bond donors (Lipinski definition) is 1. The van der Waals surface area contributed by atoms with Gasteiger partial charge in [0.05, 0.1) is 31.1 Å². The van der Waals surface area contributed by atoms with E-state index in [9.17, 15) is 14.9 Å². The third kappa shape index (κ3) is 4.10. The molecule has 0 unspecified atom stereocenters. The van der Waals surface area contributed by atoms with Crippen LogP contribution < -0.4 is 9.80 Å². The molecule has 7 nitrogen and oxygen atoms in total. The second kappa shape index (κ2) is 8.22. The Morgan fingerprint density at radius 2 is 1.85 bits per heavy atom. The first-order valence-corrected chi connectivity index (χ1v) is 9.67. The fourth-order valence-electron chi connectivity index (χ4n) is 3.94. The van der Waals surface area contributed by atoms with Crippen LogP contribution in [0.15, 0.2) is 18.2 Å². The van der Waals surface area contributed by atoms with Crippen molar-refractivity contribution in [3.8, 4) is 0 Å². The minimum absolute atomic E-state index is 0.0402. The lowest BCUT2D eigenvalue weighted by atomic mass is 10.1. The summed E-state index contributed by atoms with van der Waals surface area (Å²) >= 11 is 5.90. The Bertz CT molecular complexity index is 670. The van der Waals surface area contributed by atoms with E-state index in [0.717, 1.165) is 39.0 Å². The molecule has 0 saturated carbocycles. The quantitative estimate of drug-likeness (QED) is 0.631. The molecule has 2 saturated heterocycles. The number of amides is 1. The summed E-state index contributed by atoms with van der Waals surface area (Å²) in [5.74, 6) is 0.241. The normalized spacial score (nSPS) is 20.1. The molecule has 1 N–H and O–H groups in total. The highest BCUT2D eigenvalue weighted by atomic mass is 35.5. The van der Waals surface area contributed by atoms with Crippen LogP contribution in [-0.2, 0) is 4.79 Å². The van der Waals surface area contributed by atoms with Crippen LogP contribution in [0.4, 0.5) is 11.4 Å². The zero-order valence-corrected chi connectivity index (χ0v) is 15.9. The second-order valence-electron chi connectivity index (χ2n) is 7.14. The summed E-state index contributed by atoms with van der Waals surface area (Å²) in [6.07, 6.45) is 3.41. The van der Waals surface area contributed by atoms with Crippen molar-refractivity contribution in [2.45, 2.75) is 32.2 Å². The first kappa shape index (κ1) is 18.9. The number of carbonyl (C=O) groups is 1. The van der Waals surface area contributed by atoms with E-state index >= 15 is 0 Å². The van der Waals surface area contributed by atoms with Crippen LogP contribution in [0.3, 0.4) is 0 Å². The molecule has 1 aromatic carbocycles. The maximum atomic E-state index is 12.7. The second-order valence-corrected chi connectivity index (χ2v) is 7.58. The Morgan fingerprint density at radius 3 is 2.46 bits per heavy atom. The molecule has 0 spiro atoms. The molecule has 0 aliphatic carbocycles. The topological polar surface area (TPSA) is 71.1 Å². The first-order valence-electron chi connectivity index (χ1n) is 9.29. The minimum Gasteiger partial charge on any atom is -0.355 e. The summed E-state index contributed by atoms with van der Waals surface area (Å²) < 4.78 is 0. The van der Waals surface area contributed by atoms with Crippen molar-refractivity contribution in [3.05, 3.63) is 33.3 Å². The average molecular weight is 382 g/mol. The molecule has 2 aliphatic rings. The van der Waals surface area contributed by atoms with Crippen molar-refractivity contribution >= 4 is 28.9 Å². The number of piperazine rings is 1. The minimum atomic E-state index is -0.386. The van der Waals surface area contributed by atoms with Gasteiger partial charge in [-0.15, -0.1) is 0 Å². The molecule has 0 aromatic heterocycles. The summed E-state index contributed by atoms with van der Waals surface area (Å²) in [6.45, 7) is 6.72. The molecule has 2 aliphatic heterocycles. The van der Waals surface area contributed by atoms with Gasteiger partial charge in [0.15, 0.2) is 6.04 Å². The van der Waals surface area contributed by atoms with Gasteiger partial charge in [0, 0.05) is 24.2 Å². The monoisotopic (exact) mass is 381 g/mol. The molecule has 1 atom stereocenters. The van der Waals surface area contributed by atoms with E-state index < -0.39 is 0 Å². The van der Waals surface area contributed by atoms with E-state index in [1.165, 1.54) is 17.4 Å². The van der Waals surface area contributed by atoms with Crippen molar-refractivity contribution in [2.24, 2.45) is 0 Å². The van der Waals surface area contributed by atoms with Crippen molar-refractivity contribution < 1.29 is 14.6 Å². The van der Waals surface area contributed by atoms with Gasteiger partial charge < -0.3 is 14.7 Å². The molecule has 2 heterocycles. The van der Waals surface area contributed by atoms with E-state index in [1.807, 2.05) is 16.7 Å². The third-order valence-corrected chi connectivity index (χ3v) is 5.77. The fraction of sp³-hybridized carbons (Fsp3) is 0.611. The Balaban J connectivity index is 1.62. The third-order valence-electron chi connectivity index (χ3n) is 5.53. The van der Waals surface area contributed by atoms with E-state index in [2.05, 4.69) is 0 Å². The number of carbonyl (C=O) groups excluding carboxylic acids is 1. The molecule has 1 amide bonds. The predicted octanol–water partition coefficient (Wildman–Crippen LogP) is 1.35. The van der Waals surface area contributed by atoms with Crippen molar-refractivity contribution in [3.63, 3.8) is 0 Å². The SMILES string of the molecule is C[C@@H](C(=O)N1CCCCC1)[NH+]1CCN(c2ccc(Cl)cc2[N+](=O)[O-])CC1. The maximum absolute atomic E-state index is 12.7. The van der Waals surface area contributed by atoms with Gasteiger partial charge in [0.1, 0.15) is 5.69 Å². The fourth-order valence-corrected chi connectivity index (χ4v) is 4.11. The summed E-state index contributed by atoms with van der Waals surface area (Å²) in [5, 5.41) is 11.7. The molecule has 3 rings (SSSR count). The molecule has 142 valence electrons. The van der Waals surface area contributed by atoms with Crippen LogP contribution in [0, 0.1) is 10.1 Å². The zero-order chi connectivity index (χ0) is 18.7. The summed E-state index contributed by atoms with van der Waals surface area (Å²) in [4.78, 5) is 28.9. The molecular formula is C18H26ClN4O3+. The number of hydrogen-bond acceptors (Lipinski definition) is 4. The lowest BCUT2D eigenvalue weighted by Crippen LogP contribution is -3.19. The predicted molar refractivity (Wildman–Crippen MR) is 101 cm³/mol. The molecule has 2 fully saturated rings. The summed E-state index contributed by atoms with van der Waals surface area (Å²) in [6, 6.07) is 4.74. The van der Waals surface area contributed by atoms with Crippen LogP contribution in [0.1, 0.15) is 26.2 Å². The summed E-state index contributed by atoms with van der Waals surface area (Å²) in [5.41, 5.74) is 0.645. The molecular weight excluding hydrogens is 356 g/mol. The van der Waals surface area contributed by atoms with Gasteiger partial charge in [-0.05, 0) is 38.3 Å². The number of piperidine rings is 1. The average Bonchev–Trinajstić information content (AvgIpc) is 2.67. The first-order chi connectivity index (χ1) is 12.5. The molecule has 26 heavy (non-hydrogen) atoms. The van der Waals surface area contributed by atoms with Gasteiger partial charge in [-0.2, -0.15) is 0 Å². The molecule has 0 bridgehead atoms. The number of benzene rings is 1. The lowest BCUT2D eigenvalue weighted by molar-refractivity contribution is -0.915. The van der Waals surface area contributed by atoms with Crippen molar-refractivity contribution in [1.82, 2.24) is 4.90 Å². The smallest absolute Gasteiger partial charge is 0.294 e. The number of halogens is 1. The Morgan fingerprint density at radius 1 is 1.19 bits per heavy atom. The number of likely N-dealkylation sites (tertiary alicyclic amines) is 1. The van der Waals surface area contributed by atoms with Crippen LogP contribution in [0.25, 0.3) is 0 Å². The van der Waals surface area contributed by atoms with Gasteiger partial charge in [0.25, 0.3) is 11.6 Å². The van der Waals surface area contributed by atoms with Crippen LogP contribution in [0.2, 0.25) is 5.02 Å². The number of nitrogens with zero attached hydrogens (tertiary/aromatic N) is 3. The van der Waals surface area contributed by atoms with E-state index in [0.29, 0.717) is 23.8 Å². The van der Waals surface area contributed by atoms with E-state index in [1.54, 1.807) is 12.1 Å². The number of quaternary nitrogens is 1. The van der Waals surface area contributed by atoms with Gasteiger partial charge in [-0.25, -0.2) is 0 Å². The summed E-state index contributed by atoms with van der Waals surface area (Å²) in [7, 11) is 0. The van der Waals surface area contributed by atoms with Gasteiger partial charge in [-0.3, -0.25) is 14.9 Å². The highest BCUT2D eigenvalue weighted by Crippen LogP contribution is 2.30. The highest BCUT2D eigenvalue weighted by molar-refractivity contribution is 6.30. The highest BCUT2D eigenvalue weighted by Gasteiger charge is 2.33. The number of anilines is 1. The van der Waals surface area contributed by atoms with Gasteiger partial charge in [-0.1, -0.05) is 11.6 Å². The van der Waals surface area contributed by atoms with E-state index in [-0.39, 0.29) is 22.6 Å². The van der Waals surface area contributed by atoms with Gasteiger partial charge in [0.2, 0.25) is 0 Å². The number of nitro groups is 1. The standard InChI is InChI=1S/C18H25ClN4O3/c1-14(18(24)22-7-3-2-4-8-22)20-9-11-21(12-10-20)16-6-5-15(19)13-17(16)23(25)26/h5-6,13-14H,2-4,7-12H2,1H3/p+1/t14-/m0/s1. The van der Waals surface area contributed by atoms with E-state index in [4.69, 9.17) is 11.6 Å². The van der Waals surface area contributed by atoms with Crippen LogP contribution in [0.5, 0.6) is 0 Å². The Labute approximate surface area is 158 Å². The lowest BCUT2D eigenvalue weighted by Gasteiger charge is -2.37. The van der Waals surface area contributed by atoms with Crippen LogP contribution in [-0.4, -0.2) is 61.0 Å². The van der Waals surface area contributed by atoms with Crippen molar-refractivity contribution in [1.29, 1.82) is 0 Å². The maximum Gasteiger partial charge on any atom is 0.294 e. The molecule has 8 heteroatoms. The zero-order valence-electron chi connectivity index (χ0n) is 15.1. The number of rotatable bonds is 4. The molecule has 0 radical (unpaired) electrons. The Kier molecular flexibility index (Phi) is 5.98. The van der Waals surface area contributed by atoms with Gasteiger partial charge >= 0.3 is 0 Å². The van der Waals surface area contributed by atoms with Crippen molar-refractivity contribution in [2.75, 3.05) is 44.2 Å².